The van der Waals surface area contributed by atoms with Gasteiger partial charge < -0.3 is 9.47 Å². The van der Waals surface area contributed by atoms with Crippen molar-refractivity contribution in [2.75, 3.05) is 13.2 Å². The van der Waals surface area contributed by atoms with Gasteiger partial charge in [0.25, 0.3) is 0 Å². The van der Waals surface area contributed by atoms with Crippen molar-refractivity contribution >= 4 is 11.6 Å². The van der Waals surface area contributed by atoms with Gasteiger partial charge in [-0.05, 0) is 36.6 Å². The molecule has 3 rings (SSSR count). The standard InChI is InChI=1S/C19H19ClN2O2/c1-2-3-15-12-23-18(24-13-15)9-4-14-10-21-19(22-11-14)16-5-7-17(20)8-6-16/h5-8,10-11,15,18H,2-3,12-13H2,1H3/t15-,18-. The highest BCUT2D eigenvalue weighted by molar-refractivity contribution is 6.30. The minimum absolute atomic E-state index is 0.464. The van der Waals surface area contributed by atoms with E-state index in [0.29, 0.717) is 30.0 Å². The van der Waals surface area contributed by atoms with Gasteiger partial charge in [-0.1, -0.05) is 30.9 Å². The first kappa shape index (κ1) is 16.9. The molecule has 1 aliphatic rings. The molecule has 24 heavy (non-hydrogen) atoms. The van der Waals surface area contributed by atoms with Gasteiger partial charge in [0.05, 0.1) is 18.8 Å². The van der Waals surface area contributed by atoms with Crippen molar-refractivity contribution in [3.63, 3.8) is 0 Å². The molecular weight excluding hydrogens is 324 g/mol. The van der Waals surface area contributed by atoms with Crippen LogP contribution < -0.4 is 0 Å². The van der Waals surface area contributed by atoms with Crippen LogP contribution in [0.4, 0.5) is 0 Å². The molecule has 0 N–H and O–H groups in total. The SMILES string of the molecule is CCC[C@H]1CO[C@H](C#Cc2cnc(-c3ccc(Cl)cc3)nc2)OC1. The van der Waals surface area contributed by atoms with Crippen LogP contribution in [0.1, 0.15) is 25.3 Å². The van der Waals surface area contributed by atoms with Crippen LogP contribution in [0.5, 0.6) is 0 Å². The van der Waals surface area contributed by atoms with Crippen LogP contribution in [-0.2, 0) is 9.47 Å². The second-order valence-electron chi connectivity index (χ2n) is 5.72. The zero-order valence-electron chi connectivity index (χ0n) is 13.5. The predicted octanol–water partition coefficient (Wildman–Crippen LogP) is 3.94. The van der Waals surface area contributed by atoms with Crippen LogP contribution in [-0.4, -0.2) is 29.5 Å². The molecular formula is C19H19ClN2O2. The summed E-state index contributed by atoms with van der Waals surface area (Å²) >= 11 is 5.88. The Labute approximate surface area is 147 Å². The average Bonchev–Trinajstić information content (AvgIpc) is 2.63. The second kappa shape index (κ2) is 8.25. The van der Waals surface area contributed by atoms with E-state index in [0.717, 1.165) is 24.0 Å². The first-order valence-corrected chi connectivity index (χ1v) is 8.45. The smallest absolute Gasteiger partial charge is 0.222 e. The number of rotatable bonds is 3. The van der Waals surface area contributed by atoms with E-state index in [9.17, 15) is 0 Å². The summed E-state index contributed by atoms with van der Waals surface area (Å²) in [5, 5.41) is 0.690. The maximum absolute atomic E-state index is 5.88. The molecule has 0 bridgehead atoms. The highest BCUT2D eigenvalue weighted by atomic mass is 35.5. The van der Waals surface area contributed by atoms with Crippen molar-refractivity contribution in [3.8, 4) is 23.2 Å². The highest BCUT2D eigenvalue weighted by Crippen LogP contribution is 2.18. The van der Waals surface area contributed by atoms with Crippen LogP contribution in [0.3, 0.4) is 0 Å². The summed E-state index contributed by atoms with van der Waals surface area (Å²) < 4.78 is 11.2. The largest absolute Gasteiger partial charge is 0.342 e. The molecule has 0 atom stereocenters. The van der Waals surface area contributed by atoms with Crippen LogP contribution in [0.2, 0.25) is 5.02 Å². The van der Waals surface area contributed by atoms with Gasteiger partial charge in [-0.25, -0.2) is 9.97 Å². The molecule has 5 heteroatoms. The Morgan fingerprint density at radius 1 is 1.12 bits per heavy atom. The van der Waals surface area contributed by atoms with Crippen LogP contribution in [0.25, 0.3) is 11.4 Å². The summed E-state index contributed by atoms with van der Waals surface area (Å²) in [6.07, 6.45) is 5.21. The van der Waals surface area contributed by atoms with Gasteiger partial charge in [-0.15, -0.1) is 0 Å². The molecule has 2 heterocycles. The third kappa shape index (κ3) is 4.55. The zero-order chi connectivity index (χ0) is 16.8. The van der Waals surface area contributed by atoms with E-state index in [2.05, 4.69) is 28.7 Å². The third-order valence-electron chi connectivity index (χ3n) is 3.75. The van der Waals surface area contributed by atoms with E-state index < -0.39 is 6.29 Å². The Balaban J connectivity index is 1.60. The summed E-state index contributed by atoms with van der Waals surface area (Å²) in [7, 11) is 0. The van der Waals surface area contributed by atoms with Crippen molar-refractivity contribution in [2.24, 2.45) is 5.92 Å². The first-order valence-electron chi connectivity index (χ1n) is 8.07. The van der Waals surface area contributed by atoms with E-state index in [4.69, 9.17) is 21.1 Å². The molecule has 0 radical (unpaired) electrons. The molecule has 1 aliphatic heterocycles. The topological polar surface area (TPSA) is 44.2 Å². The average molecular weight is 343 g/mol. The van der Waals surface area contributed by atoms with E-state index in [1.165, 1.54) is 0 Å². The molecule has 0 aliphatic carbocycles. The minimum Gasteiger partial charge on any atom is -0.342 e. The summed E-state index contributed by atoms with van der Waals surface area (Å²) in [6, 6.07) is 7.41. The number of benzene rings is 1. The van der Waals surface area contributed by atoms with E-state index in [1.54, 1.807) is 12.4 Å². The number of hydrogen-bond donors (Lipinski definition) is 0. The van der Waals surface area contributed by atoms with Crippen molar-refractivity contribution in [3.05, 3.63) is 47.2 Å². The molecule has 1 saturated heterocycles. The molecule has 2 aromatic rings. The van der Waals surface area contributed by atoms with E-state index >= 15 is 0 Å². The number of ether oxygens (including phenoxy) is 2. The quantitative estimate of drug-likeness (QED) is 0.792. The number of aromatic nitrogens is 2. The molecule has 1 aromatic heterocycles. The molecule has 1 fully saturated rings. The van der Waals surface area contributed by atoms with E-state index in [-0.39, 0.29) is 0 Å². The minimum atomic E-state index is -0.464. The van der Waals surface area contributed by atoms with Gasteiger partial charge in [0.1, 0.15) is 0 Å². The fourth-order valence-electron chi connectivity index (χ4n) is 2.48. The zero-order valence-corrected chi connectivity index (χ0v) is 14.3. The summed E-state index contributed by atoms with van der Waals surface area (Å²) in [6.45, 7) is 3.58. The Kier molecular flexibility index (Phi) is 5.81. The van der Waals surface area contributed by atoms with Crippen molar-refractivity contribution in [1.82, 2.24) is 9.97 Å². The maximum Gasteiger partial charge on any atom is 0.222 e. The van der Waals surface area contributed by atoms with Crippen LogP contribution in [0.15, 0.2) is 36.7 Å². The third-order valence-corrected chi connectivity index (χ3v) is 4.00. The summed E-state index contributed by atoms with van der Waals surface area (Å²) in [5.41, 5.74) is 1.65. The fourth-order valence-corrected chi connectivity index (χ4v) is 2.61. The molecule has 0 saturated carbocycles. The molecule has 0 unspecified atom stereocenters. The van der Waals surface area contributed by atoms with Crippen LogP contribution in [0, 0.1) is 17.8 Å². The lowest BCUT2D eigenvalue weighted by Crippen LogP contribution is -2.31. The van der Waals surface area contributed by atoms with Crippen molar-refractivity contribution in [1.29, 1.82) is 0 Å². The summed E-state index contributed by atoms with van der Waals surface area (Å²) in [5.74, 6) is 7.10. The number of halogens is 1. The van der Waals surface area contributed by atoms with Crippen LogP contribution >= 0.6 is 11.6 Å². The Bertz CT molecular complexity index is 712. The van der Waals surface area contributed by atoms with Crippen molar-refractivity contribution < 1.29 is 9.47 Å². The Hall–Kier alpha value is -1.93. The van der Waals surface area contributed by atoms with Gasteiger partial charge >= 0.3 is 0 Å². The van der Waals surface area contributed by atoms with Gasteiger partial charge in [0.15, 0.2) is 5.82 Å². The normalized spacial score (nSPS) is 20.2. The number of nitrogens with zero attached hydrogens (tertiary/aromatic N) is 2. The lowest BCUT2D eigenvalue weighted by atomic mass is 10.1. The first-order chi connectivity index (χ1) is 11.7. The van der Waals surface area contributed by atoms with Gasteiger partial charge in [-0.3, -0.25) is 0 Å². The fraction of sp³-hybridized carbons (Fsp3) is 0.368. The van der Waals surface area contributed by atoms with E-state index in [1.807, 2.05) is 24.3 Å². The van der Waals surface area contributed by atoms with Crippen molar-refractivity contribution in [2.45, 2.75) is 26.1 Å². The summed E-state index contributed by atoms with van der Waals surface area (Å²) in [4.78, 5) is 8.68. The van der Waals surface area contributed by atoms with Gasteiger partial charge in [0, 0.05) is 28.9 Å². The lowest BCUT2D eigenvalue weighted by Gasteiger charge is -2.26. The lowest BCUT2D eigenvalue weighted by molar-refractivity contribution is -0.170. The number of hydrogen-bond acceptors (Lipinski definition) is 4. The van der Waals surface area contributed by atoms with Gasteiger partial charge in [0.2, 0.25) is 6.29 Å². The molecule has 124 valence electrons. The predicted molar refractivity (Wildman–Crippen MR) is 93.4 cm³/mol. The maximum atomic E-state index is 5.88. The molecule has 4 nitrogen and oxygen atoms in total. The molecule has 0 spiro atoms. The highest BCUT2D eigenvalue weighted by Gasteiger charge is 2.19. The Morgan fingerprint density at radius 2 is 1.79 bits per heavy atom. The monoisotopic (exact) mass is 342 g/mol. The second-order valence-corrected chi connectivity index (χ2v) is 6.16. The van der Waals surface area contributed by atoms with Gasteiger partial charge in [-0.2, -0.15) is 0 Å². The molecule has 1 aromatic carbocycles. The molecule has 0 amide bonds. The Morgan fingerprint density at radius 3 is 2.42 bits per heavy atom.